The summed E-state index contributed by atoms with van der Waals surface area (Å²) in [6.07, 6.45) is 0.806. The van der Waals surface area contributed by atoms with Gasteiger partial charge in [0.05, 0.1) is 11.3 Å². The molecule has 3 rings (SSSR count). The van der Waals surface area contributed by atoms with Crippen LogP contribution in [0.3, 0.4) is 0 Å². The minimum absolute atomic E-state index is 0.0211. The Morgan fingerprint density at radius 2 is 1.96 bits per heavy atom. The van der Waals surface area contributed by atoms with Crippen LogP contribution >= 0.6 is 23.1 Å². The van der Waals surface area contributed by atoms with Gasteiger partial charge in [0.15, 0.2) is 10.9 Å². The second-order valence-electron chi connectivity index (χ2n) is 5.96. The summed E-state index contributed by atoms with van der Waals surface area (Å²) in [5, 5.41) is 5.19. The summed E-state index contributed by atoms with van der Waals surface area (Å²) in [5.41, 5.74) is 1.83. The number of Topliss-reactive ketones (excluding diaryl/α,β-unsaturated/α-hetero) is 1. The van der Waals surface area contributed by atoms with Crippen molar-refractivity contribution >= 4 is 50.7 Å². The lowest BCUT2D eigenvalue weighted by Gasteiger charge is -2.11. The largest absolute Gasteiger partial charge is 0.325 e. The second kappa shape index (κ2) is 8.49. The smallest absolute Gasteiger partial charge is 0.272 e. The molecule has 3 aromatic rings. The minimum Gasteiger partial charge on any atom is -0.325 e. The molecule has 1 aromatic carbocycles. The number of nitrogens with one attached hydrogen (secondary N) is 1. The fourth-order valence-electron chi connectivity index (χ4n) is 2.57. The quantitative estimate of drug-likeness (QED) is 0.370. The average molecular weight is 402 g/mol. The number of benzene rings is 1. The maximum atomic E-state index is 12.6. The first-order valence-electron chi connectivity index (χ1n) is 8.51. The number of aromatic nitrogens is 2. The molecule has 0 bridgehead atoms. The van der Waals surface area contributed by atoms with Crippen LogP contribution < -0.4 is 10.9 Å². The maximum Gasteiger partial charge on any atom is 0.272 e. The summed E-state index contributed by atoms with van der Waals surface area (Å²) in [6.45, 7) is 4.06. The number of anilines is 1. The number of thioether (sulfide) groups is 1. The predicted molar refractivity (Wildman–Crippen MR) is 110 cm³/mol. The molecular formula is C19H19N3O3S2. The summed E-state index contributed by atoms with van der Waals surface area (Å²) < 4.78 is 2.28. The first kappa shape index (κ1) is 19.3. The normalized spacial score (nSPS) is 10.9. The van der Waals surface area contributed by atoms with Gasteiger partial charge in [0.2, 0.25) is 5.91 Å². The van der Waals surface area contributed by atoms with E-state index in [-0.39, 0.29) is 23.0 Å². The Morgan fingerprint density at radius 1 is 1.22 bits per heavy atom. The molecule has 0 spiro atoms. The molecule has 2 heterocycles. The highest BCUT2D eigenvalue weighted by atomic mass is 32.2. The van der Waals surface area contributed by atoms with E-state index in [9.17, 15) is 14.4 Å². The average Bonchev–Trinajstić information content (AvgIpc) is 3.12. The van der Waals surface area contributed by atoms with Crippen molar-refractivity contribution in [2.24, 2.45) is 0 Å². The SMILES string of the molecule is CCCn1c(SCC(=O)Nc2ccc(C(C)=O)cc2)nc2ccsc2c1=O. The lowest BCUT2D eigenvalue weighted by molar-refractivity contribution is -0.113. The van der Waals surface area contributed by atoms with E-state index in [1.807, 2.05) is 18.4 Å². The first-order valence-corrected chi connectivity index (χ1v) is 10.4. The van der Waals surface area contributed by atoms with E-state index in [1.54, 1.807) is 28.8 Å². The number of thiophene rings is 1. The van der Waals surface area contributed by atoms with Gasteiger partial charge < -0.3 is 5.32 Å². The van der Waals surface area contributed by atoms with Crippen molar-refractivity contribution in [3.63, 3.8) is 0 Å². The van der Waals surface area contributed by atoms with Gasteiger partial charge in [-0.2, -0.15) is 0 Å². The second-order valence-corrected chi connectivity index (χ2v) is 7.82. The third kappa shape index (κ3) is 4.45. The zero-order chi connectivity index (χ0) is 19.4. The van der Waals surface area contributed by atoms with Crippen LogP contribution in [0.25, 0.3) is 10.2 Å². The zero-order valence-electron chi connectivity index (χ0n) is 15.0. The van der Waals surface area contributed by atoms with Crippen LogP contribution in [0.15, 0.2) is 45.7 Å². The summed E-state index contributed by atoms with van der Waals surface area (Å²) in [7, 11) is 0. The van der Waals surface area contributed by atoms with Gasteiger partial charge in [-0.05, 0) is 49.1 Å². The number of fused-ring (bicyclic) bond motifs is 1. The van der Waals surface area contributed by atoms with Crippen LogP contribution in [0.2, 0.25) is 0 Å². The Bertz CT molecular complexity index is 1040. The molecule has 1 N–H and O–H groups in total. The number of carbonyl (C=O) groups excluding carboxylic acids is 2. The number of hydrogen-bond acceptors (Lipinski definition) is 6. The van der Waals surface area contributed by atoms with E-state index in [2.05, 4.69) is 10.3 Å². The Labute approximate surface area is 164 Å². The molecule has 1 amide bonds. The summed E-state index contributed by atoms with van der Waals surface area (Å²) in [6, 6.07) is 8.56. The van der Waals surface area contributed by atoms with E-state index in [0.29, 0.717) is 33.2 Å². The lowest BCUT2D eigenvalue weighted by Crippen LogP contribution is -2.23. The van der Waals surface area contributed by atoms with Gasteiger partial charge in [0.25, 0.3) is 5.56 Å². The molecule has 2 aromatic heterocycles. The van der Waals surface area contributed by atoms with Gasteiger partial charge in [-0.3, -0.25) is 19.0 Å². The molecule has 0 fully saturated rings. The van der Waals surface area contributed by atoms with Crippen LogP contribution in [-0.4, -0.2) is 27.0 Å². The van der Waals surface area contributed by atoms with E-state index in [1.165, 1.54) is 30.0 Å². The van der Waals surface area contributed by atoms with Crippen LogP contribution in [0, 0.1) is 0 Å². The van der Waals surface area contributed by atoms with Gasteiger partial charge in [-0.15, -0.1) is 11.3 Å². The van der Waals surface area contributed by atoms with Crippen molar-refractivity contribution in [1.82, 2.24) is 9.55 Å². The van der Waals surface area contributed by atoms with Gasteiger partial charge in [-0.25, -0.2) is 4.98 Å². The van der Waals surface area contributed by atoms with Gasteiger partial charge in [-0.1, -0.05) is 18.7 Å². The fourth-order valence-corrected chi connectivity index (χ4v) is 4.17. The fraction of sp³-hybridized carbons (Fsp3) is 0.263. The molecular weight excluding hydrogens is 382 g/mol. The third-order valence-electron chi connectivity index (χ3n) is 3.89. The summed E-state index contributed by atoms with van der Waals surface area (Å²) in [4.78, 5) is 40.7. The monoisotopic (exact) mass is 401 g/mol. The third-order valence-corrected chi connectivity index (χ3v) is 5.75. The zero-order valence-corrected chi connectivity index (χ0v) is 16.7. The van der Waals surface area contributed by atoms with Crippen molar-refractivity contribution in [2.75, 3.05) is 11.1 Å². The highest BCUT2D eigenvalue weighted by Gasteiger charge is 2.14. The molecule has 0 aliphatic carbocycles. The van der Waals surface area contributed by atoms with Crippen LogP contribution in [0.1, 0.15) is 30.6 Å². The standard InChI is InChI=1S/C19H19N3O3S2/c1-3-9-22-18(25)17-15(8-10-26-17)21-19(22)27-11-16(24)20-14-6-4-13(5-7-14)12(2)23/h4-8,10H,3,9,11H2,1-2H3,(H,20,24). The van der Waals surface area contributed by atoms with Crippen molar-refractivity contribution < 1.29 is 9.59 Å². The molecule has 6 nitrogen and oxygen atoms in total. The molecule has 8 heteroatoms. The number of amides is 1. The van der Waals surface area contributed by atoms with Crippen molar-refractivity contribution in [1.29, 1.82) is 0 Å². The predicted octanol–water partition coefficient (Wildman–Crippen LogP) is 3.80. The first-order chi connectivity index (χ1) is 13.0. The summed E-state index contributed by atoms with van der Waals surface area (Å²) >= 11 is 2.63. The van der Waals surface area contributed by atoms with Crippen molar-refractivity contribution in [2.45, 2.75) is 32.0 Å². The Kier molecular flexibility index (Phi) is 6.08. The van der Waals surface area contributed by atoms with E-state index in [4.69, 9.17) is 0 Å². The molecule has 0 saturated heterocycles. The highest BCUT2D eigenvalue weighted by Crippen LogP contribution is 2.21. The Morgan fingerprint density at radius 3 is 2.63 bits per heavy atom. The molecule has 0 atom stereocenters. The topological polar surface area (TPSA) is 81.1 Å². The molecule has 27 heavy (non-hydrogen) atoms. The van der Waals surface area contributed by atoms with Crippen LogP contribution in [0.5, 0.6) is 0 Å². The molecule has 0 aliphatic rings. The van der Waals surface area contributed by atoms with E-state index in [0.717, 1.165) is 6.42 Å². The number of carbonyl (C=O) groups is 2. The Hall–Kier alpha value is -2.45. The van der Waals surface area contributed by atoms with Gasteiger partial charge in [0, 0.05) is 17.8 Å². The lowest BCUT2D eigenvalue weighted by atomic mass is 10.1. The number of nitrogens with zero attached hydrogens (tertiary/aromatic N) is 2. The molecule has 0 saturated carbocycles. The van der Waals surface area contributed by atoms with Crippen molar-refractivity contribution in [3.8, 4) is 0 Å². The Balaban J connectivity index is 1.72. The van der Waals surface area contributed by atoms with Crippen LogP contribution in [0.4, 0.5) is 5.69 Å². The molecule has 0 unspecified atom stereocenters. The number of ketones is 1. The summed E-state index contributed by atoms with van der Waals surface area (Å²) in [5.74, 6) is -0.0780. The van der Waals surface area contributed by atoms with Crippen LogP contribution in [-0.2, 0) is 11.3 Å². The molecule has 0 radical (unpaired) electrons. The number of rotatable bonds is 7. The number of hydrogen-bond donors (Lipinski definition) is 1. The molecule has 140 valence electrons. The molecule has 0 aliphatic heterocycles. The van der Waals surface area contributed by atoms with E-state index >= 15 is 0 Å². The van der Waals surface area contributed by atoms with Gasteiger partial charge >= 0.3 is 0 Å². The van der Waals surface area contributed by atoms with Gasteiger partial charge in [0.1, 0.15) is 4.70 Å². The van der Waals surface area contributed by atoms with E-state index < -0.39 is 0 Å². The van der Waals surface area contributed by atoms with Crippen molar-refractivity contribution in [3.05, 3.63) is 51.6 Å². The maximum absolute atomic E-state index is 12.6. The highest BCUT2D eigenvalue weighted by molar-refractivity contribution is 7.99. The minimum atomic E-state index is -0.196.